The molecule has 2 atom stereocenters. The van der Waals surface area contributed by atoms with E-state index < -0.39 is 11.5 Å². The van der Waals surface area contributed by atoms with Gasteiger partial charge in [-0.3, -0.25) is 10.1 Å². The van der Waals surface area contributed by atoms with Crippen LogP contribution in [-0.2, 0) is 9.53 Å². The molecule has 0 bridgehead atoms. The lowest BCUT2D eigenvalue weighted by Crippen LogP contribution is -2.52. The van der Waals surface area contributed by atoms with Crippen LogP contribution in [0.2, 0.25) is 0 Å². The van der Waals surface area contributed by atoms with Gasteiger partial charge in [-0.05, 0) is 52.5 Å². The van der Waals surface area contributed by atoms with Gasteiger partial charge in [-0.1, -0.05) is 0 Å². The standard InChI is InChI=1S/C15H28N2O3/c1-15(14(18)19,16-12-6-7-12)8-9-17(2)11-13-5-3-4-10-20-13/h12-13,16H,3-11H2,1-2H3,(H,18,19). The molecule has 116 valence electrons. The number of nitrogens with zero attached hydrogens (tertiary/aromatic N) is 1. The minimum absolute atomic E-state index is 0.321. The summed E-state index contributed by atoms with van der Waals surface area (Å²) in [4.78, 5) is 13.7. The molecule has 20 heavy (non-hydrogen) atoms. The van der Waals surface area contributed by atoms with Gasteiger partial charge in [0.2, 0.25) is 0 Å². The summed E-state index contributed by atoms with van der Waals surface area (Å²) >= 11 is 0. The topological polar surface area (TPSA) is 61.8 Å². The van der Waals surface area contributed by atoms with Gasteiger partial charge in [-0.15, -0.1) is 0 Å². The van der Waals surface area contributed by atoms with Gasteiger partial charge in [-0.25, -0.2) is 0 Å². The molecule has 2 aliphatic rings. The largest absolute Gasteiger partial charge is 0.480 e. The van der Waals surface area contributed by atoms with Crippen molar-refractivity contribution in [3.05, 3.63) is 0 Å². The molecule has 0 aromatic carbocycles. The van der Waals surface area contributed by atoms with Gasteiger partial charge in [0.1, 0.15) is 5.54 Å². The monoisotopic (exact) mass is 284 g/mol. The van der Waals surface area contributed by atoms with Crippen molar-refractivity contribution in [2.45, 2.75) is 63.1 Å². The summed E-state index contributed by atoms with van der Waals surface area (Å²) in [6.07, 6.45) is 6.70. The van der Waals surface area contributed by atoms with E-state index in [1.54, 1.807) is 6.92 Å². The summed E-state index contributed by atoms with van der Waals surface area (Å²) in [5.74, 6) is -0.744. The molecule has 0 aromatic rings. The summed E-state index contributed by atoms with van der Waals surface area (Å²) in [6.45, 7) is 4.36. The molecule has 0 aromatic heterocycles. The number of aliphatic carboxylic acids is 1. The van der Waals surface area contributed by atoms with Gasteiger partial charge in [0, 0.05) is 25.7 Å². The number of carboxylic acid groups (broad SMARTS) is 1. The van der Waals surface area contributed by atoms with E-state index in [1.165, 1.54) is 12.8 Å². The van der Waals surface area contributed by atoms with Gasteiger partial charge >= 0.3 is 5.97 Å². The lowest BCUT2D eigenvalue weighted by Gasteiger charge is -2.31. The number of hydrogen-bond acceptors (Lipinski definition) is 4. The van der Waals surface area contributed by atoms with Crippen molar-refractivity contribution in [2.75, 3.05) is 26.7 Å². The fourth-order valence-electron chi connectivity index (χ4n) is 2.72. The Kier molecular flexibility index (Phi) is 5.41. The first-order chi connectivity index (χ1) is 9.49. The Morgan fingerprint density at radius 3 is 2.70 bits per heavy atom. The second-order valence-electron chi connectivity index (χ2n) is 6.56. The van der Waals surface area contributed by atoms with Crippen LogP contribution in [0.4, 0.5) is 0 Å². The maximum Gasteiger partial charge on any atom is 0.323 e. The lowest BCUT2D eigenvalue weighted by molar-refractivity contribution is -0.144. The molecule has 2 fully saturated rings. The van der Waals surface area contributed by atoms with Crippen LogP contribution in [0, 0.1) is 0 Å². The maximum atomic E-state index is 11.5. The van der Waals surface area contributed by atoms with Gasteiger partial charge in [0.25, 0.3) is 0 Å². The molecule has 0 spiro atoms. The molecule has 2 N–H and O–H groups in total. The summed E-state index contributed by atoms with van der Waals surface area (Å²) in [6, 6.07) is 0.406. The zero-order chi connectivity index (χ0) is 14.6. The Balaban J connectivity index is 1.74. The highest BCUT2D eigenvalue weighted by molar-refractivity contribution is 5.78. The van der Waals surface area contributed by atoms with Gasteiger partial charge in [0.15, 0.2) is 0 Å². The Morgan fingerprint density at radius 1 is 1.40 bits per heavy atom. The Morgan fingerprint density at radius 2 is 2.15 bits per heavy atom. The molecule has 2 unspecified atom stereocenters. The van der Waals surface area contributed by atoms with Crippen LogP contribution in [0.1, 0.15) is 45.4 Å². The molecule has 1 saturated heterocycles. The van der Waals surface area contributed by atoms with Crippen molar-refractivity contribution in [1.82, 2.24) is 10.2 Å². The molecule has 1 aliphatic heterocycles. The van der Waals surface area contributed by atoms with Crippen molar-refractivity contribution in [2.24, 2.45) is 0 Å². The minimum Gasteiger partial charge on any atom is -0.480 e. The quantitative estimate of drug-likeness (QED) is 0.707. The summed E-state index contributed by atoms with van der Waals surface area (Å²) in [5, 5.41) is 12.7. The molecule has 1 aliphatic carbocycles. The van der Waals surface area contributed by atoms with Crippen LogP contribution in [-0.4, -0.2) is 60.4 Å². The number of ether oxygens (including phenoxy) is 1. The molecular weight excluding hydrogens is 256 g/mol. The maximum absolute atomic E-state index is 11.5. The van der Waals surface area contributed by atoms with E-state index in [-0.39, 0.29) is 0 Å². The first kappa shape index (κ1) is 15.7. The lowest BCUT2D eigenvalue weighted by atomic mass is 9.97. The van der Waals surface area contributed by atoms with Gasteiger partial charge in [0.05, 0.1) is 6.10 Å². The number of likely N-dealkylation sites (N-methyl/N-ethyl adjacent to an activating group) is 1. The number of rotatable bonds is 8. The second-order valence-corrected chi connectivity index (χ2v) is 6.56. The third kappa shape index (κ3) is 4.72. The van der Waals surface area contributed by atoms with Crippen LogP contribution in [0.25, 0.3) is 0 Å². The Bertz CT molecular complexity index is 327. The Hall–Kier alpha value is -0.650. The predicted molar refractivity (Wildman–Crippen MR) is 77.9 cm³/mol. The molecule has 1 heterocycles. The number of hydrogen-bond donors (Lipinski definition) is 2. The second kappa shape index (κ2) is 6.87. The highest BCUT2D eigenvalue weighted by Crippen LogP contribution is 2.24. The van der Waals surface area contributed by atoms with Crippen molar-refractivity contribution in [3.63, 3.8) is 0 Å². The van der Waals surface area contributed by atoms with E-state index in [0.29, 0.717) is 18.6 Å². The zero-order valence-electron chi connectivity index (χ0n) is 12.7. The predicted octanol–water partition coefficient (Wildman–Crippen LogP) is 1.47. The molecule has 5 nitrogen and oxygen atoms in total. The van der Waals surface area contributed by atoms with Crippen molar-refractivity contribution in [1.29, 1.82) is 0 Å². The third-order valence-electron chi connectivity index (χ3n) is 4.35. The van der Waals surface area contributed by atoms with Crippen molar-refractivity contribution < 1.29 is 14.6 Å². The van der Waals surface area contributed by atoms with Gasteiger partial charge < -0.3 is 14.7 Å². The molecule has 0 radical (unpaired) electrons. The van der Waals surface area contributed by atoms with Gasteiger partial charge in [-0.2, -0.15) is 0 Å². The fraction of sp³-hybridized carbons (Fsp3) is 0.933. The van der Waals surface area contributed by atoms with Crippen molar-refractivity contribution in [3.8, 4) is 0 Å². The van der Waals surface area contributed by atoms with Crippen LogP contribution in [0.5, 0.6) is 0 Å². The summed E-state index contributed by atoms with van der Waals surface area (Å²) < 4.78 is 5.73. The molecule has 5 heteroatoms. The average Bonchev–Trinajstić information content (AvgIpc) is 3.21. The van der Waals surface area contributed by atoms with E-state index in [4.69, 9.17) is 4.74 Å². The van der Waals surface area contributed by atoms with Crippen LogP contribution >= 0.6 is 0 Å². The van der Waals surface area contributed by atoms with Crippen LogP contribution in [0.15, 0.2) is 0 Å². The van der Waals surface area contributed by atoms with E-state index >= 15 is 0 Å². The summed E-state index contributed by atoms with van der Waals surface area (Å²) in [7, 11) is 2.05. The average molecular weight is 284 g/mol. The molecular formula is C15H28N2O3. The van der Waals surface area contributed by atoms with Crippen LogP contribution < -0.4 is 5.32 Å². The zero-order valence-corrected chi connectivity index (χ0v) is 12.7. The summed E-state index contributed by atoms with van der Waals surface area (Å²) in [5.41, 5.74) is -0.803. The minimum atomic E-state index is -0.803. The van der Waals surface area contributed by atoms with E-state index in [2.05, 4.69) is 17.3 Å². The number of nitrogens with one attached hydrogen (secondary N) is 1. The third-order valence-corrected chi connectivity index (χ3v) is 4.35. The first-order valence-electron chi connectivity index (χ1n) is 7.81. The van der Waals surface area contributed by atoms with E-state index in [9.17, 15) is 9.90 Å². The molecule has 0 amide bonds. The highest BCUT2D eigenvalue weighted by atomic mass is 16.5. The number of carboxylic acids is 1. The SMILES string of the molecule is CN(CCC(C)(NC1CC1)C(=O)O)CC1CCCCO1. The Labute approximate surface area is 121 Å². The molecule has 1 saturated carbocycles. The van der Waals surface area contributed by atoms with E-state index in [1.807, 2.05) is 0 Å². The van der Waals surface area contributed by atoms with Crippen LogP contribution in [0.3, 0.4) is 0 Å². The number of carbonyl (C=O) groups is 1. The highest BCUT2D eigenvalue weighted by Gasteiger charge is 2.38. The smallest absolute Gasteiger partial charge is 0.323 e. The normalized spacial score (nSPS) is 26.4. The molecule has 2 rings (SSSR count). The fourth-order valence-corrected chi connectivity index (χ4v) is 2.72. The first-order valence-corrected chi connectivity index (χ1v) is 7.81. The van der Waals surface area contributed by atoms with E-state index in [0.717, 1.165) is 39.0 Å². The van der Waals surface area contributed by atoms with Crippen molar-refractivity contribution >= 4 is 5.97 Å².